The number of amides is 1. The van der Waals surface area contributed by atoms with Gasteiger partial charge in [0.15, 0.2) is 11.5 Å². The van der Waals surface area contributed by atoms with Gasteiger partial charge in [-0.2, -0.15) is 0 Å². The van der Waals surface area contributed by atoms with Gasteiger partial charge < -0.3 is 20.3 Å². The SMILES string of the molecule is CC1(C)Oc2c(O)cccc2[C@H]2O[C@H]3CCN(CC(N)=O)C[C@@H]3C[C@@H]21. The van der Waals surface area contributed by atoms with Crippen molar-refractivity contribution in [2.75, 3.05) is 19.6 Å². The molecule has 1 aromatic carbocycles. The third kappa shape index (κ3) is 2.87. The fraction of sp³-hybridized carbons (Fsp3) is 0.632. The van der Waals surface area contributed by atoms with Crippen LogP contribution >= 0.6 is 0 Å². The Morgan fingerprint density at radius 3 is 3.00 bits per heavy atom. The summed E-state index contributed by atoms with van der Waals surface area (Å²) in [6, 6.07) is 5.49. The maximum Gasteiger partial charge on any atom is 0.231 e. The fourth-order valence-corrected chi connectivity index (χ4v) is 4.74. The second-order valence-corrected chi connectivity index (χ2v) is 8.09. The van der Waals surface area contributed by atoms with Crippen molar-refractivity contribution < 1.29 is 19.4 Å². The molecule has 0 spiro atoms. The van der Waals surface area contributed by atoms with Crippen molar-refractivity contribution in [3.05, 3.63) is 23.8 Å². The smallest absolute Gasteiger partial charge is 0.231 e. The Morgan fingerprint density at radius 1 is 1.44 bits per heavy atom. The molecule has 3 aliphatic rings. The quantitative estimate of drug-likeness (QED) is 0.853. The summed E-state index contributed by atoms with van der Waals surface area (Å²) in [6.07, 6.45) is 1.99. The molecule has 1 amide bonds. The summed E-state index contributed by atoms with van der Waals surface area (Å²) in [6.45, 7) is 6.10. The van der Waals surface area contributed by atoms with Gasteiger partial charge in [-0.1, -0.05) is 12.1 Å². The molecule has 0 aromatic heterocycles. The van der Waals surface area contributed by atoms with Gasteiger partial charge in [0.05, 0.1) is 18.8 Å². The van der Waals surface area contributed by atoms with E-state index in [1.165, 1.54) is 0 Å². The van der Waals surface area contributed by atoms with Crippen molar-refractivity contribution in [1.82, 2.24) is 4.90 Å². The van der Waals surface area contributed by atoms with Crippen LogP contribution in [0, 0.1) is 11.8 Å². The number of carbonyl (C=O) groups excluding carboxylic acids is 1. The molecule has 4 rings (SSSR count). The predicted molar refractivity (Wildman–Crippen MR) is 92.3 cm³/mol. The van der Waals surface area contributed by atoms with Crippen LogP contribution in [0.3, 0.4) is 0 Å². The number of primary amides is 1. The highest BCUT2D eigenvalue weighted by molar-refractivity contribution is 5.75. The molecule has 0 bridgehead atoms. The Kier molecular flexibility index (Phi) is 3.92. The average molecular weight is 346 g/mol. The monoisotopic (exact) mass is 346 g/mol. The first-order valence-electron chi connectivity index (χ1n) is 9.02. The highest BCUT2D eigenvalue weighted by Gasteiger charge is 2.51. The maximum atomic E-state index is 11.2. The van der Waals surface area contributed by atoms with E-state index in [-0.39, 0.29) is 29.8 Å². The summed E-state index contributed by atoms with van der Waals surface area (Å²) in [4.78, 5) is 13.4. The number of hydrogen-bond donors (Lipinski definition) is 2. The molecule has 0 radical (unpaired) electrons. The van der Waals surface area contributed by atoms with Gasteiger partial charge in [0.2, 0.25) is 5.91 Å². The highest BCUT2D eigenvalue weighted by atomic mass is 16.5. The molecular formula is C19H26N2O4. The minimum atomic E-state index is -0.423. The molecule has 6 nitrogen and oxygen atoms in total. The van der Waals surface area contributed by atoms with Gasteiger partial charge in [-0.3, -0.25) is 9.69 Å². The molecule has 25 heavy (non-hydrogen) atoms. The number of fused-ring (bicyclic) bond motifs is 4. The van der Waals surface area contributed by atoms with Crippen molar-refractivity contribution in [3.8, 4) is 11.5 Å². The molecule has 3 N–H and O–H groups in total. The van der Waals surface area contributed by atoms with Crippen LogP contribution in [0.1, 0.15) is 38.4 Å². The maximum absolute atomic E-state index is 11.2. The molecule has 0 aliphatic carbocycles. The minimum absolute atomic E-state index is 0.0604. The van der Waals surface area contributed by atoms with Crippen molar-refractivity contribution >= 4 is 5.91 Å². The summed E-state index contributed by atoms with van der Waals surface area (Å²) in [5.74, 6) is 1.02. The second-order valence-electron chi connectivity index (χ2n) is 8.09. The van der Waals surface area contributed by atoms with Crippen molar-refractivity contribution in [2.45, 2.75) is 44.5 Å². The number of benzene rings is 1. The number of hydrogen-bond acceptors (Lipinski definition) is 5. The van der Waals surface area contributed by atoms with Crippen LogP contribution in [0.15, 0.2) is 18.2 Å². The standard InChI is InChI=1S/C19H26N2O4/c1-19(2)13-8-11-9-21(10-16(20)23)7-6-15(11)24-17(13)12-4-3-5-14(22)18(12)25-19/h3-5,11,13,15,17,22H,6-10H2,1-2H3,(H2,20,23)/t11-,13-,15-,17+/m0/s1. The summed E-state index contributed by atoms with van der Waals surface area (Å²) < 4.78 is 12.7. The lowest BCUT2D eigenvalue weighted by atomic mass is 9.70. The Bertz CT molecular complexity index is 690. The molecule has 0 unspecified atom stereocenters. The van der Waals surface area contributed by atoms with Crippen molar-refractivity contribution in [1.29, 1.82) is 0 Å². The number of rotatable bonds is 2. The minimum Gasteiger partial charge on any atom is -0.504 e. The molecule has 2 saturated heterocycles. The van der Waals surface area contributed by atoms with Crippen LogP contribution in [0.2, 0.25) is 0 Å². The number of carbonyl (C=O) groups is 1. The zero-order valence-electron chi connectivity index (χ0n) is 14.8. The van der Waals surface area contributed by atoms with Gasteiger partial charge in [0.1, 0.15) is 5.60 Å². The number of para-hydroxylation sites is 1. The van der Waals surface area contributed by atoms with E-state index in [0.29, 0.717) is 18.2 Å². The van der Waals surface area contributed by atoms with Crippen LogP contribution in [0.5, 0.6) is 11.5 Å². The van der Waals surface area contributed by atoms with Crippen LogP contribution in [0.25, 0.3) is 0 Å². The van der Waals surface area contributed by atoms with Crippen molar-refractivity contribution in [3.63, 3.8) is 0 Å². The Hall–Kier alpha value is -1.79. The summed E-state index contributed by atoms with van der Waals surface area (Å²) in [5, 5.41) is 10.2. The zero-order chi connectivity index (χ0) is 17.8. The normalized spacial score (nSPS) is 33.5. The molecule has 3 heterocycles. The number of phenolic OH excluding ortho intramolecular Hbond substituents is 1. The first-order valence-corrected chi connectivity index (χ1v) is 9.02. The third-order valence-corrected chi connectivity index (χ3v) is 5.96. The third-order valence-electron chi connectivity index (χ3n) is 5.96. The summed E-state index contributed by atoms with van der Waals surface area (Å²) in [7, 11) is 0. The zero-order valence-corrected chi connectivity index (χ0v) is 14.8. The lowest BCUT2D eigenvalue weighted by Gasteiger charge is -2.53. The number of nitrogens with two attached hydrogens (primary N) is 1. The van der Waals surface area contributed by atoms with Crippen LogP contribution in [-0.4, -0.2) is 47.3 Å². The van der Waals surface area contributed by atoms with Gasteiger partial charge in [-0.15, -0.1) is 0 Å². The Balaban J connectivity index is 1.61. The van der Waals surface area contributed by atoms with Crippen LogP contribution in [0.4, 0.5) is 0 Å². The molecular weight excluding hydrogens is 320 g/mol. The molecule has 3 aliphatic heterocycles. The number of nitrogens with zero attached hydrogens (tertiary/aromatic N) is 1. The number of piperidine rings is 1. The van der Waals surface area contributed by atoms with Gasteiger partial charge in [-0.25, -0.2) is 0 Å². The van der Waals surface area contributed by atoms with E-state index in [4.69, 9.17) is 15.2 Å². The lowest BCUT2D eigenvalue weighted by molar-refractivity contribution is -0.187. The molecule has 0 saturated carbocycles. The molecule has 2 fully saturated rings. The molecule has 1 aromatic rings. The van der Waals surface area contributed by atoms with E-state index in [1.54, 1.807) is 6.07 Å². The highest BCUT2D eigenvalue weighted by Crippen LogP contribution is 2.54. The van der Waals surface area contributed by atoms with E-state index in [9.17, 15) is 9.90 Å². The number of phenols is 1. The topological polar surface area (TPSA) is 85.0 Å². The Labute approximate surface area is 147 Å². The summed E-state index contributed by atoms with van der Waals surface area (Å²) >= 11 is 0. The van der Waals surface area contributed by atoms with Crippen molar-refractivity contribution in [2.24, 2.45) is 17.6 Å². The molecule has 4 atom stereocenters. The van der Waals surface area contributed by atoms with Gasteiger partial charge in [0, 0.05) is 24.6 Å². The molecule has 136 valence electrons. The van der Waals surface area contributed by atoms with E-state index < -0.39 is 5.60 Å². The van der Waals surface area contributed by atoms with E-state index in [2.05, 4.69) is 18.7 Å². The lowest BCUT2D eigenvalue weighted by Crippen LogP contribution is -2.55. The van der Waals surface area contributed by atoms with Gasteiger partial charge in [0.25, 0.3) is 0 Å². The summed E-state index contributed by atoms with van der Waals surface area (Å²) in [5.41, 5.74) is 5.88. The van der Waals surface area contributed by atoms with Crippen LogP contribution < -0.4 is 10.5 Å². The van der Waals surface area contributed by atoms with E-state index in [0.717, 1.165) is 31.5 Å². The Morgan fingerprint density at radius 2 is 2.24 bits per heavy atom. The number of likely N-dealkylation sites (tertiary alicyclic amines) is 1. The number of ether oxygens (including phenoxy) is 2. The first kappa shape index (κ1) is 16.7. The molecule has 6 heteroatoms. The fourth-order valence-electron chi connectivity index (χ4n) is 4.74. The van der Waals surface area contributed by atoms with E-state index >= 15 is 0 Å². The van der Waals surface area contributed by atoms with Crippen LogP contribution in [-0.2, 0) is 9.53 Å². The second kappa shape index (κ2) is 5.88. The predicted octanol–water partition coefficient (Wildman–Crippen LogP) is 1.82. The van der Waals surface area contributed by atoms with Gasteiger partial charge >= 0.3 is 0 Å². The largest absolute Gasteiger partial charge is 0.504 e. The van der Waals surface area contributed by atoms with E-state index in [1.807, 2.05) is 12.1 Å². The average Bonchev–Trinajstić information content (AvgIpc) is 2.54. The number of aromatic hydroxyl groups is 1. The first-order chi connectivity index (χ1) is 11.8. The van der Waals surface area contributed by atoms with Gasteiger partial charge in [-0.05, 0) is 38.7 Å².